The number of ether oxygens (including phenoxy) is 2. The van der Waals surface area contributed by atoms with E-state index in [0.717, 1.165) is 5.56 Å². The Labute approximate surface area is 263 Å². The van der Waals surface area contributed by atoms with Crippen LogP contribution in [0, 0.1) is 11.8 Å². The van der Waals surface area contributed by atoms with Crippen LogP contribution in [0.4, 0.5) is 4.79 Å². The third-order valence-corrected chi connectivity index (χ3v) is 7.04. The smallest absolute Gasteiger partial charge is 0.408 e. The maximum absolute atomic E-state index is 13.4. The van der Waals surface area contributed by atoms with Crippen molar-refractivity contribution in [1.29, 1.82) is 0 Å². The number of nitrogens with two attached hydrogens (primary N) is 1. The average Bonchev–Trinajstić information content (AvgIpc) is 3.02. The Morgan fingerprint density at radius 2 is 1.38 bits per heavy atom. The molecule has 0 aromatic heterocycles. The molecule has 0 saturated carbocycles. The van der Waals surface area contributed by atoms with Crippen molar-refractivity contribution in [3.8, 4) is 0 Å². The van der Waals surface area contributed by atoms with Crippen molar-refractivity contribution in [1.82, 2.24) is 16.0 Å². The molecule has 5 N–H and O–H groups in total. The number of ketones is 1. The first-order chi connectivity index (χ1) is 21.4. The SMILES string of the molecule is CC[C@@H](C)[C@@H](NC(=O)OCc1ccccc1)C(=O)N[C@@H](CCC(N)=O)C(=O)N[C@@H](CC(C)C)C(=O)OCC(=O)c1ccccc1. The zero-order chi connectivity index (χ0) is 33.4. The number of carbonyl (C=O) groups excluding carboxylic acids is 6. The lowest BCUT2D eigenvalue weighted by atomic mass is 9.97. The summed E-state index contributed by atoms with van der Waals surface area (Å²) in [6.07, 6.45) is -0.509. The molecule has 2 aromatic carbocycles. The number of amides is 4. The van der Waals surface area contributed by atoms with Crippen molar-refractivity contribution in [2.75, 3.05) is 6.61 Å². The van der Waals surface area contributed by atoms with E-state index in [9.17, 15) is 28.8 Å². The predicted molar refractivity (Wildman–Crippen MR) is 166 cm³/mol. The Balaban J connectivity index is 2.13. The fourth-order valence-electron chi connectivity index (χ4n) is 4.31. The molecular formula is C33H44N4O8. The minimum atomic E-state index is -1.27. The standard InChI is InChI=1S/C33H44N4O8/c1-5-22(4)29(37-33(43)45-19-23-12-8-6-9-13-23)31(41)35-25(16-17-28(34)39)30(40)36-26(18-21(2)3)32(42)44-20-27(38)24-14-10-7-11-15-24/h6-15,21-22,25-26,29H,5,16-20H2,1-4H3,(H2,34,39)(H,35,41)(H,36,40)(H,37,43)/t22-,25+,26+,29-/m1/s1. The molecule has 12 heteroatoms. The Morgan fingerprint density at radius 1 is 0.778 bits per heavy atom. The fourth-order valence-corrected chi connectivity index (χ4v) is 4.31. The summed E-state index contributed by atoms with van der Waals surface area (Å²) in [7, 11) is 0. The molecule has 0 radical (unpaired) electrons. The fraction of sp³-hybridized carbons (Fsp3) is 0.455. The van der Waals surface area contributed by atoms with Crippen LogP contribution in [0.1, 0.15) is 69.3 Å². The summed E-state index contributed by atoms with van der Waals surface area (Å²) in [5, 5.41) is 7.77. The second kappa shape index (κ2) is 18.8. The number of primary amides is 1. The van der Waals surface area contributed by atoms with Gasteiger partial charge in [-0.05, 0) is 30.2 Å². The minimum absolute atomic E-state index is 0.00452. The molecule has 0 bridgehead atoms. The maximum Gasteiger partial charge on any atom is 0.408 e. The largest absolute Gasteiger partial charge is 0.456 e. The highest BCUT2D eigenvalue weighted by atomic mass is 16.5. The zero-order valence-electron chi connectivity index (χ0n) is 26.2. The van der Waals surface area contributed by atoms with Gasteiger partial charge in [-0.15, -0.1) is 0 Å². The van der Waals surface area contributed by atoms with Crippen LogP contribution in [0.2, 0.25) is 0 Å². The van der Waals surface area contributed by atoms with E-state index in [2.05, 4.69) is 16.0 Å². The number of esters is 1. The van der Waals surface area contributed by atoms with E-state index in [-0.39, 0.29) is 37.7 Å². The van der Waals surface area contributed by atoms with Gasteiger partial charge >= 0.3 is 12.1 Å². The van der Waals surface area contributed by atoms with Crippen LogP contribution < -0.4 is 21.7 Å². The highest BCUT2D eigenvalue weighted by molar-refractivity contribution is 5.98. The molecule has 0 spiro atoms. The van der Waals surface area contributed by atoms with Gasteiger partial charge in [-0.2, -0.15) is 0 Å². The molecule has 12 nitrogen and oxygen atoms in total. The second-order valence-electron chi connectivity index (χ2n) is 11.2. The first-order valence-electron chi connectivity index (χ1n) is 15.0. The lowest BCUT2D eigenvalue weighted by Gasteiger charge is -2.27. The van der Waals surface area contributed by atoms with E-state index in [4.69, 9.17) is 15.2 Å². The number of carbonyl (C=O) groups is 6. The zero-order valence-corrected chi connectivity index (χ0v) is 26.2. The average molecular weight is 625 g/mol. The van der Waals surface area contributed by atoms with Gasteiger partial charge in [-0.1, -0.05) is 94.8 Å². The molecule has 2 rings (SSSR count). The van der Waals surface area contributed by atoms with Crippen molar-refractivity contribution in [3.05, 3.63) is 71.8 Å². The van der Waals surface area contributed by atoms with Crippen LogP contribution in [0.25, 0.3) is 0 Å². The molecule has 0 aliphatic rings. The predicted octanol–water partition coefficient (Wildman–Crippen LogP) is 3.03. The molecule has 4 atom stereocenters. The molecule has 0 aliphatic carbocycles. The van der Waals surface area contributed by atoms with Gasteiger partial charge in [0.05, 0.1) is 0 Å². The van der Waals surface area contributed by atoms with Gasteiger partial charge < -0.3 is 31.2 Å². The van der Waals surface area contributed by atoms with Crippen LogP contribution in [0.5, 0.6) is 0 Å². The number of benzene rings is 2. The van der Waals surface area contributed by atoms with Gasteiger partial charge in [0.25, 0.3) is 0 Å². The molecular weight excluding hydrogens is 580 g/mol. The Morgan fingerprint density at radius 3 is 1.96 bits per heavy atom. The normalized spacial score (nSPS) is 13.4. The highest BCUT2D eigenvalue weighted by Gasteiger charge is 2.33. The van der Waals surface area contributed by atoms with Crippen molar-refractivity contribution in [2.45, 2.75) is 78.1 Å². The van der Waals surface area contributed by atoms with E-state index in [1.165, 1.54) is 0 Å². The van der Waals surface area contributed by atoms with E-state index in [1.807, 2.05) is 26.8 Å². The van der Waals surface area contributed by atoms with E-state index >= 15 is 0 Å². The van der Waals surface area contributed by atoms with Crippen LogP contribution in [-0.4, -0.2) is 60.3 Å². The maximum atomic E-state index is 13.4. The molecule has 0 aliphatic heterocycles. The highest BCUT2D eigenvalue weighted by Crippen LogP contribution is 2.12. The Hall–Kier alpha value is -4.74. The van der Waals surface area contributed by atoms with Gasteiger partial charge in [-0.3, -0.25) is 19.2 Å². The van der Waals surface area contributed by atoms with E-state index in [0.29, 0.717) is 12.0 Å². The molecule has 244 valence electrons. The first-order valence-corrected chi connectivity index (χ1v) is 15.0. The van der Waals surface area contributed by atoms with Crippen LogP contribution in [0.3, 0.4) is 0 Å². The third kappa shape index (κ3) is 13.2. The summed E-state index contributed by atoms with van der Waals surface area (Å²) in [5.74, 6) is -3.75. The molecule has 0 saturated heterocycles. The lowest BCUT2D eigenvalue weighted by Crippen LogP contribution is -2.57. The second-order valence-corrected chi connectivity index (χ2v) is 11.2. The minimum Gasteiger partial charge on any atom is -0.456 e. The topological polar surface area (TPSA) is 183 Å². The number of hydrogen-bond donors (Lipinski definition) is 4. The van der Waals surface area contributed by atoms with Crippen LogP contribution >= 0.6 is 0 Å². The summed E-state index contributed by atoms with van der Waals surface area (Å²) in [5.41, 5.74) is 6.45. The van der Waals surface area contributed by atoms with E-state index in [1.54, 1.807) is 61.5 Å². The summed E-state index contributed by atoms with van der Waals surface area (Å²) in [6, 6.07) is 13.9. The molecule has 0 heterocycles. The summed E-state index contributed by atoms with van der Waals surface area (Å²) < 4.78 is 10.5. The Kier molecular flexibility index (Phi) is 15.2. The quantitative estimate of drug-likeness (QED) is 0.144. The number of rotatable bonds is 18. The number of hydrogen-bond acceptors (Lipinski definition) is 8. The van der Waals surface area contributed by atoms with E-state index < -0.39 is 60.3 Å². The van der Waals surface area contributed by atoms with Gasteiger partial charge in [0.1, 0.15) is 24.7 Å². The van der Waals surface area contributed by atoms with Crippen molar-refractivity contribution in [3.63, 3.8) is 0 Å². The third-order valence-electron chi connectivity index (χ3n) is 7.04. The summed E-state index contributed by atoms with van der Waals surface area (Å²) in [4.78, 5) is 76.4. The van der Waals surface area contributed by atoms with Gasteiger partial charge in [0.15, 0.2) is 12.4 Å². The molecule has 0 unspecified atom stereocenters. The summed E-state index contributed by atoms with van der Waals surface area (Å²) >= 11 is 0. The van der Waals surface area contributed by atoms with Gasteiger partial charge in [0, 0.05) is 12.0 Å². The van der Waals surface area contributed by atoms with Crippen molar-refractivity contribution in [2.24, 2.45) is 17.6 Å². The number of Topliss-reactive ketones (excluding diaryl/α,β-unsaturated/α-hetero) is 1. The summed E-state index contributed by atoms with van der Waals surface area (Å²) in [6.45, 7) is 6.75. The number of nitrogens with one attached hydrogen (secondary N) is 3. The van der Waals surface area contributed by atoms with Crippen molar-refractivity contribution < 1.29 is 38.2 Å². The molecule has 2 aromatic rings. The van der Waals surface area contributed by atoms with Gasteiger partial charge in [0.2, 0.25) is 17.7 Å². The first kappa shape index (κ1) is 36.5. The Bertz CT molecular complexity index is 1290. The molecule has 4 amide bonds. The number of alkyl carbamates (subject to hydrolysis) is 1. The molecule has 45 heavy (non-hydrogen) atoms. The van der Waals surface area contributed by atoms with Crippen LogP contribution in [-0.2, 0) is 35.3 Å². The molecule has 0 fully saturated rings. The lowest BCUT2D eigenvalue weighted by molar-refractivity contribution is -0.147. The monoisotopic (exact) mass is 624 g/mol. The van der Waals surface area contributed by atoms with Crippen LogP contribution in [0.15, 0.2) is 60.7 Å². The van der Waals surface area contributed by atoms with Gasteiger partial charge in [-0.25, -0.2) is 9.59 Å². The van der Waals surface area contributed by atoms with Crippen molar-refractivity contribution >= 4 is 35.6 Å².